The number of nitrogens with two attached hydrogens (primary N) is 1. The maximum Gasteiger partial charge on any atom is 0.243 e. The minimum Gasteiger partial charge on any atom is -0.374 e. The van der Waals surface area contributed by atoms with E-state index in [-0.39, 0.29) is 18.5 Å². The molecule has 5 nitrogen and oxygen atoms in total. The zero-order valence-electron chi connectivity index (χ0n) is 12.0. The third-order valence-corrected chi connectivity index (χ3v) is 5.58. The van der Waals surface area contributed by atoms with E-state index in [9.17, 15) is 8.42 Å². The number of hydrogen-bond donors (Lipinski definition) is 1. The van der Waals surface area contributed by atoms with Crippen LogP contribution in [0.2, 0.25) is 0 Å². The predicted molar refractivity (Wildman–Crippen MR) is 88.7 cm³/mol. The maximum atomic E-state index is 12.7. The Labute approximate surface area is 136 Å². The van der Waals surface area contributed by atoms with Crippen LogP contribution in [-0.2, 0) is 14.8 Å². The zero-order valence-corrected chi connectivity index (χ0v) is 13.6. The van der Waals surface area contributed by atoms with Gasteiger partial charge in [-0.15, -0.1) is 12.4 Å². The van der Waals surface area contributed by atoms with Crippen molar-refractivity contribution >= 4 is 33.2 Å². The van der Waals surface area contributed by atoms with Crippen LogP contribution in [0.1, 0.15) is 0 Å². The fraction of sp³-hybridized carbons (Fsp3) is 0.333. The maximum absolute atomic E-state index is 12.7. The minimum atomic E-state index is -3.50. The minimum absolute atomic E-state index is 0. The van der Waals surface area contributed by atoms with E-state index >= 15 is 0 Å². The number of benzene rings is 2. The van der Waals surface area contributed by atoms with Crippen LogP contribution in [0, 0.1) is 0 Å². The zero-order chi connectivity index (χ0) is 14.9. The molecular formula is C15H19ClN2O3S. The highest BCUT2D eigenvalue weighted by molar-refractivity contribution is 7.89. The number of rotatable bonds is 3. The molecule has 1 aliphatic heterocycles. The van der Waals surface area contributed by atoms with Gasteiger partial charge < -0.3 is 10.5 Å². The molecule has 2 aromatic rings. The summed E-state index contributed by atoms with van der Waals surface area (Å²) in [4.78, 5) is 0.318. The monoisotopic (exact) mass is 342 g/mol. The molecule has 1 atom stereocenters. The third kappa shape index (κ3) is 3.26. The van der Waals surface area contributed by atoms with Crippen molar-refractivity contribution in [1.82, 2.24) is 4.31 Å². The second-order valence-electron chi connectivity index (χ2n) is 5.10. The molecule has 0 amide bonds. The fourth-order valence-corrected chi connectivity index (χ4v) is 4.02. The SMILES string of the molecule is Cl.NCC1CN(S(=O)(=O)c2ccc3ccccc3c2)CCO1. The summed E-state index contributed by atoms with van der Waals surface area (Å²) in [5.74, 6) is 0. The molecule has 0 bridgehead atoms. The second kappa shape index (κ2) is 6.93. The average Bonchev–Trinajstić information content (AvgIpc) is 2.54. The Bertz CT molecular complexity index is 751. The highest BCUT2D eigenvalue weighted by atomic mass is 35.5. The number of fused-ring (bicyclic) bond motifs is 1. The summed E-state index contributed by atoms with van der Waals surface area (Å²) < 4.78 is 32.3. The van der Waals surface area contributed by atoms with Gasteiger partial charge in [0.2, 0.25) is 10.0 Å². The van der Waals surface area contributed by atoms with Gasteiger partial charge in [-0.25, -0.2) is 8.42 Å². The molecule has 0 saturated carbocycles. The molecular weight excluding hydrogens is 324 g/mol. The summed E-state index contributed by atoms with van der Waals surface area (Å²) >= 11 is 0. The molecule has 120 valence electrons. The Balaban J connectivity index is 0.00000176. The Hall–Kier alpha value is -1.18. The van der Waals surface area contributed by atoms with Crippen LogP contribution >= 0.6 is 12.4 Å². The van der Waals surface area contributed by atoms with E-state index in [1.807, 2.05) is 30.3 Å². The lowest BCUT2D eigenvalue weighted by Crippen LogP contribution is -2.48. The number of sulfonamides is 1. The summed E-state index contributed by atoms with van der Waals surface area (Å²) in [6.45, 7) is 1.38. The summed E-state index contributed by atoms with van der Waals surface area (Å²) in [5, 5.41) is 1.94. The molecule has 1 saturated heterocycles. The van der Waals surface area contributed by atoms with Gasteiger partial charge in [0.1, 0.15) is 0 Å². The Morgan fingerprint density at radius 3 is 2.64 bits per heavy atom. The summed E-state index contributed by atoms with van der Waals surface area (Å²) in [6.07, 6.45) is -0.228. The molecule has 1 aliphatic rings. The molecule has 3 rings (SSSR count). The molecule has 2 N–H and O–H groups in total. The Morgan fingerprint density at radius 2 is 1.91 bits per heavy atom. The first-order valence-corrected chi connectivity index (χ1v) is 8.36. The molecule has 0 radical (unpaired) electrons. The van der Waals surface area contributed by atoms with Gasteiger partial charge in [-0.1, -0.05) is 30.3 Å². The van der Waals surface area contributed by atoms with Crippen molar-refractivity contribution in [3.63, 3.8) is 0 Å². The van der Waals surface area contributed by atoms with E-state index < -0.39 is 10.0 Å². The molecule has 1 fully saturated rings. The van der Waals surface area contributed by atoms with Crippen molar-refractivity contribution in [1.29, 1.82) is 0 Å². The number of morpholine rings is 1. The van der Waals surface area contributed by atoms with Crippen molar-refractivity contribution in [2.24, 2.45) is 5.73 Å². The number of ether oxygens (including phenoxy) is 1. The quantitative estimate of drug-likeness (QED) is 0.919. The Kier molecular flexibility index (Phi) is 5.41. The van der Waals surface area contributed by atoms with Crippen LogP contribution in [0.15, 0.2) is 47.4 Å². The van der Waals surface area contributed by atoms with E-state index in [1.54, 1.807) is 12.1 Å². The third-order valence-electron chi connectivity index (χ3n) is 3.72. The molecule has 0 aliphatic carbocycles. The van der Waals surface area contributed by atoms with E-state index in [0.717, 1.165) is 10.8 Å². The lowest BCUT2D eigenvalue weighted by molar-refractivity contribution is 0.00451. The van der Waals surface area contributed by atoms with Gasteiger partial charge in [-0.3, -0.25) is 0 Å². The summed E-state index contributed by atoms with van der Waals surface area (Å²) in [6, 6.07) is 12.9. The van der Waals surface area contributed by atoms with Crippen LogP contribution in [0.25, 0.3) is 10.8 Å². The van der Waals surface area contributed by atoms with Crippen molar-refractivity contribution < 1.29 is 13.2 Å². The van der Waals surface area contributed by atoms with Crippen LogP contribution in [0.5, 0.6) is 0 Å². The molecule has 22 heavy (non-hydrogen) atoms. The molecule has 1 heterocycles. The van der Waals surface area contributed by atoms with Crippen molar-refractivity contribution in [3.05, 3.63) is 42.5 Å². The lowest BCUT2D eigenvalue weighted by Gasteiger charge is -2.31. The number of nitrogens with zero attached hydrogens (tertiary/aromatic N) is 1. The highest BCUT2D eigenvalue weighted by Gasteiger charge is 2.30. The molecule has 7 heteroatoms. The molecule has 2 aromatic carbocycles. The van der Waals surface area contributed by atoms with Gasteiger partial charge in [-0.2, -0.15) is 4.31 Å². The topological polar surface area (TPSA) is 72.6 Å². The summed E-state index contributed by atoms with van der Waals surface area (Å²) in [7, 11) is -3.50. The van der Waals surface area contributed by atoms with Crippen LogP contribution in [-0.4, -0.2) is 45.1 Å². The van der Waals surface area contributed by atoms with Crippen molar-refractivity contribution in [3.8, 4) is 0 Å². The van der Waals surface area contributed by atoms with Crippen LogP contribution in [0.3, 0.4) is 0 Å². The van der Waals surface area contributed by atoms with E-state index in [1.165, 1.54) is 4.31 Å². The number of hydrogen-bond acceptors (Lipinski definition) is 4. The first kappa shape index (κ1) is 17.2. The van der Waals surface area contributed by atoms with Crippen molar-refractivity contribution in [2.75, 3.05) is 26.2 Å². The Morgan fingerprint density at radius 1 is 1.18 bits per heavy atom. The van der Waals surface area contributed by atoms with E-state index in [2.05, 4.69) is 0 Å². The average molecular weight is 343 g/mol. The van der Waals surface area contributed by atoms with Gasteiger partial charge in [0.15, 0.2) is 0 Å². The van der Waals surface area contributed by atoms with Crippen LogP contribution < -0.4 is 5.73 Å². The normalized spacial score (nSPS) is 19.8. The van der Waals surface area contributed by atoms with E-state index in [4.69, 9.17) is 10.5 Å². The largest absolute Gasteiger partial charge is 0.374 e. The predicted octanol–water partition coefficient (Wildman–Crippen LogP) is 1.61. The lowest BCUT2D eigenvalue weighted by atomic mass is 10.1. The highest BCUT2D eigenvalue weighted by Crippen LogP contribution is 2.23. The smallest absolute Gasteiger partial charge is 0.243 e. The van der Waals surface area contributed by atoms with Gasteiger partial charge in [0.05, 0.1) is 17.6 Å². The fourth-order valence-electron chi connectivity index (χ4n) is 2.53. The summed E-state index contributed by atoms with van der Waals surface area (Å²) in [5.41, 5.74) is 5.58. The van der Waals surface area contributed by atoms with Gasteiger partial charge in [0, 0.05) is 19.6 Å². The molecule has 0 aromatic heterocycles. The molecule has 1 unspecified atom stereocenters. The van der Waals surface area contributed by atoms with Gasteiger partial charge >= 0.3 is 0 Å². The number of halogens is 1. The first-order valence-electron chi connectivity index (χ1n) is 6.92. The first-order chi connectivity index (χ1) is 10.1. The van der Waals surface area contributed by atoms with Crippen LogP contribution in [0.4, 0.5) is 0 Å². The van der Waals surface area contributed by atoms with Crippen molar-refractivity contribution in [2.45, 2.75) is 11.0 Å². The molecule has 0 spiro atoms. The van der Waals surface area contributed by atoms with Gasteiger partial charge in [0.25, 0.3) is 0 Å². The standard InChI is InChI=1S/C15H18N2O3S.ClH/c16-10-14-11-17(7-8-20-14)21(18,19)15-6-5-12-3-1-2-4-13(12)9-15;/h1-6,9,14H,7-8,10-11,16H2;1H. The van der Waals surface area contributed by atoms with E-state index in [0.29, 0.717) is 31.1 Å². The van der Waals surface area contributed by atoms with Gasteiger partial charge in [-0.05, 0) is 22.9 Å². The second-order valence-corrected chi connectivity index (χ2v) is 7.04.